The van der Waals surface area contributed by atoms with Crippen molar-refractivity contribution in [1.29, 1.82) is 0 Å². The molecule has 6 aromatic heterocycles. The maximum absolute atomic E-state index is 6.62. The molecule has 24 rings (SSSR count). The zero-order chi connectivity index (χ0) is 78.5. The van der Waals surface area contributed by atoms with Gasteiger partial charge in [-0.25, -0.2) is 19.9 Å². The number of nitrogens with zero attached hydrogens (tertiary/aromatic N) is 4. The van der Waals surface area contributed by atoms with Gasteiger partial charge in [-0.15, -0.1) is 0 Å². The first-order chi connectivity index (χ1) is 57.9. The second kappa shape index (κ2) is 26.7. The van der Waals surface area contributed by atoms with Crippen LogP contribution in [0, 0.1) is 0 Å². The summed E-state index contributed by atoms with van der Waals surface area (Å²) in [6, 6.07) is 128. The summed E-state index contributed by atoms with van der Waals surface area (Å²) in [6.07, 6.45) is 0. The van der Waals surface area contributed by atoms with E-state index in [0.717, 1.165) is 188 Å². The normalized spacial score (nSPS) is 13.1. The Morgan fingerprint density at radius 2 is 0.483 bits per heavy atom. The van der Waals surface area contributed by atoms with Crippen LogP contribution in [0.4, 0.5) is 0 Å². The molecule has 0 unspecified atom stereocenters. The largest absolute Gasteiger partial charge is 0.456 e. The summed E-state index contributed by atoms with van der Waals surface area (Å²) in [4.78, 5) is 21.5. The fourth-order valence-corrected chi connectivity index (χ4v) is 18.6. The summed E-state index contributed by atoms with van der Waals surface area (Å²) in [6.45, 7) is 9.28. The fourth-order valence-electron chi connectivity index (χ4n) is 18.6. The summed E-state index contributed by atoms with van der Waals surface area (Å²) in [7, 11) is 0. The monoisotopic (exact) mass is 1510 g/mol. The highest BCUT2D eigenvalue weighted by Crippen LogP contribution is 2.53. The van der Waals surface area contributed by atoms with Gasteiger partial charge in [0.05, 0.1) is 22.8 Å². The first kappa shape index (κ1) is 68.5. The van der Waals surface area contributed by atoms with Crippen molar-refractivity contribution < 1.29 is 17.7 Å². The minimum atomic E-state index is -0.140. The molecule has 0 bridgehead atoms. The van der Waals surface area contributed by atoms with Crippen molar-refractivity contribution in [1.82, 2.24) is 19.9 Å². The molecule has 22 aromatic rings. The smallest absolute Gasteiger partial charge is 0.160 e. The van der Waals surface area contributed by atoms with Crippen molar-refractivity contribution in [3.63, 3.8) is 0 Å². The number of fused-ring (bicyclic) bond motifs is 18. The van der Waals surface area contributed by atoms with E-state index >= 15 is 0 Å². The van der Waals surface area contributed by atoms with Crippen LogP contribution >= 0.6 is 0 Å². The van der Waals surface area contributed by atoms with Gasteiger partial charge in [0.2, 0.25) is 0 Å². The summed E-state index contributed by atoms with van der Waals surface area (Å²) >= 11 is 0. The van der Waals surface area contributed by atoms with Crippen molar-refractivity contribution in [3.8, 4) is 135 Å². The lowest BCUT2D eigenvalue weighted by atomic mass is 9.82. The molecule has 0 fully saturated rings. The topological polar surface area (TPSA) is 104 Å². The molecule has 0 saturated heterocycles. The van der Waals surface area contributed by atoms with Crippen LogP contribution in [0.5, 0.6) is 0 Å². The molecule has 6 heterocycles. The molecule has 8 heteroatoms. The SMILES string of the molecule is CC1(C)c2ccccc2-c2ccc(-c3cc(-c4ccccc4)nc(-c4cc(-c5ccc6oc7ccccc7c6c5)cc(-c5ccc6oc7ccccc7c6c5)c4)n3)cc21.CC1(C)c2ccccc2-c2ccc(-c3cc(-c4ccccc4)nc(-c4cc(-c5cccc6c5oc5ccccc56)cc(-c5cccc6c5oc5ccccc56)c4)n3)cc21. The van der Waals surface area contributed by atoms with Gasteiger partial charge in [0, 0.05) is 98.4 Å². The molecule has 2 aliphatic carbocycles. The molecule has 0 aliphatic heterocycles. The molecule has 0 spiro atoms. The molecule has 0 saturated carbocycles. The fraction of sp³-hybridized carbons (Fsp3) is 0.0545. The van der Waals surface area contributed by atoms with E-state index in [4.69, 9.17) is 37.6 Å². The standard InChI is InChI=1S/2C55H36N2O2/c1-55(2)46-23-9-6-16-40(46)41-27-26-34(31-47(41)55)49-32-48(33-14-4-3-5-15-33)56-54(57-49)37-29-35(38-19-12-21-44-42-17-7-10-24-50(42)58-52(38)44)28-36(30-37)39-20-13-22-45-43-18-8-11-25-51(43)59-53(39)45;1-55(2)46-17-9-6-14-40(46)41-23-20-36(31-47(41)55)49-32-48(33-12-4-3-5-13-33)56-54(57-49)39-27-37(34-21-24-52-44(29-34)42-15-7-10-18-50(42)58-52)26-38(28-39)35-22-25-53-45(30-35)43-16-8-11-19-51(43)59-53/h2*3-32H,1-2H3. The third kappa shape index (κ3) is 11.3. The number of hydrogen-bond acceptors (Lipinski definition) is 8. The number of aromatic nitrogens is 4. The molecule has 16 aromatic carbocycles. The number of hydrogen-bond donors (Lipinski definition) is 0. The van der Waals surface area contributed by atoms with Gasteiger partial charge in [0.15, 0.2) is 11.6 Å². The van der Waals surface area contributed by atoms with Crippen LogP contribution in [-0.4, -0.2) is 19.9 Å². The van der Waals surface area contributed by atoms with Crippen molar-refractivity contribution in [2.24, 2.45) is 0 Å². The average molecular weight is 1510 g/mol. The zero-order valence-corrected chi connectivity index (χ0v) is 65.1. The van der Waals surface area contributed by atoms with Gasteiger partial charge in [-0.1, -0.05) is 282 Å². The quantitative estimate of drug-likeness (QED) is 0.133. The third-order valence-electron chi connectivity index (χ3n) is 24.6. The first-order valence-corrected chi connectivity index (χ1v) is 40.3. The Balaban J connectivity index is 0.000000138. The predicted molar refractivity (Wildman–Crippen MR) is 483 cm³/mol. The first-order valence-electron chi connectivity index (χ1n) is 40.3. The van der Waals surface area contributed by atoms with E-state index in [2.05, 4.69) is 331 Å². The van der Waals surface area contributed by atoms with Crippen LogP contribution < -0.4 is 0 Å². The Labute approximate surface area is 680 Å². The summed E-state index contributed by atoms with van der Waals surface area (Å²) in [5.41, 5.74) is 34.9. The summed E-state index contributed by atoms with van der Waals surface area (Å²) < 4.78 is 25.7. The van der Waals surface area contributed by atoms with E-state index in [1.54, 1.807) is 0 Å². The molecule has 0 amide bonds. The number of para-hydroxylation sites is 6. The number of benzene rings is 16. The number of rotatable bonds is 10. The molecule has 2 aliphatic rings. The van der Waals surface area contributed by atoms with Crippen molar-refractivity contribution >= 4 is 87.8 Å². The highest BCUT2D eigenvalue weighted by molar-refractivity contribution is 6.13. The molecule has 8 nitrogen and oxygen atoms in total. The van der Waals surface area contributed by atoms with Crippen LogP contribution in [-0.2, 0) is 10.8 Å². The van der Waals surface area contributed by atoms with Gasteiger partial charge in [-0.05, 0) is 187 Å². The summed E-state index contributed by atoms with van der Waals surface area (Å²) in [5.74, 6) is 1.30. The predicted octanol–water partition coefficient (Wildman–Crippen LogP) is 29.8. The van der Waals surface area contributed by atoms with Crippen LogP contribution in [0.25, 0.3) is 222 Å². The lowest BCUT2D eigenvalue weighted by Crippen LogP contribution is -2.14. The zero-order valence-electron chi connectivity index (χ0n) is 65.1. The molecule has 118 heavy (non-hydrogen) atoms. The van der Waals surface area contributed by atoms with E-state index < -0.39 is 0 Å². The van der Waals surface area contributed by atoms with Gasteiger partial charge in [-0.2, -0.15) is 0 Å². The molecular formula is C110H72N4O4. The van der Waals surface area contributed by atoms with Crippen LogP contribution in [0.3, 0.4) is 0 Å². The second-order valence-electron chi connectivity index (χ2n) is 32.3. The van der Waals surface area contributed by atoms with Crippen LogP contribution in [0.15, 0.2) is 382 Å². The number of furan rings is 4. The van der Waals surface area contributed by atoms with Crippen LogP contribution in [0.1, 0.15) is 49.9 Å². The Morgan fingerprint density at radius 3 is 0.915 bits per heavy atom. The molecule has 556 valence electrons. The Hall–Kier alpha value is -15.1. The third-order valence-corrected chi connectivity index (χ3v) is 24.6. The molecule has 0 N–H and O–H groups in total. The van der Waals surface area contributed by atoms with Crippen LogP contribution in [0.2, 0.25) is 0 Å². The van der Waals surface area contributed by atoms with E-state index in [0.29, 0.717) is 11.6 Å². The minimum absolute atomic E-state index is 0.133. The van der Waals surface area contributed by atoms with Gasteiger partial charge < -0.3 is 17.7 Å². The molecular weight excluding hydrogens is 1440 g/mol. The highest BCUT2D eigenvalue weighted by Gasteiger charge is 2.37. The van der Waals surface area contributed by atoms with Gasteiger partial charge in [0.25, 0.3) is 0 Å². The molecule has 0 radical (unpaired) electrons. The Bertz CT molecular complexity index is 7630. The van der Waals surface area contributed by atoms with Crippen molar-refractivity contribution in [2.45, 2.75) is 38.5 Å². The highest BCUT2D eigenvalue weighted by atomic mass is 16.3. The van der Waals surface area contributed by atoms with E-state index in [1.165, 1.54) is 44.5 Å². The van der Waals surface area contributed by atoms with E-state index in [1.807, 2.05) is 60.7 Å². The average Bonchev–Trinajstić information content (AvgIpc) is 1.57. The van der Waals surface area contributed by atoms with E-state index in [9.17, 15) is 0 Å². The Kier molecular flexibility index (Phi) is 15.5. The van der Waals surface area contributed by atoms with Gasteiger partial charge in [0.1, 0.15) is 44.7 Å². The van der Waals surface area contributed by atoms with E-state index in [-0.39, 0.29) is 10.8 Å². The molecule has 0 atom stereocenters. The van der Waals surface area contributed by atoms with Gasteiger partial charge in [-0.3, -0.25) is 0 Å². The van der Waals surface area contributed by atoms with Gasteiger partial charge >= 0.3 is 0 Å². The maximum atomic E-state index is 6.62. The minimum Gasteiger partial charge on any atom is -0.456 e. The van der Waals surface area contributed by atoms with Crippen molar-refractivity contribution in [2.75, 3.05) is 0 Å². The second-order valence-corrected chi connectivity index (χ2v) is 32.3. The van der Waals surface area contributed by atoms with Crippen molar-refractivity contribution in [3.05, 3.63) is 386 Å². The maximum Gasteiger partial charge on any atom is 0.160 e. The lowest BCUT2D eigenvalue weighted by Gasteiger charge is -2.22. The Morgan fingerprint density at radius 1 is 0.178 bits per heavy atom. The summed E-state index contributed by atoms with van der Waals surface area (Å²) in [5, 5.41) is 8.72. The lowest BCUT2D eigenvalue weighted by molar-refractivity contribution is 0.660.